The van der Waals surface area contributed by atoms with Gasteiger partial charge in [0.2, 0.25) is 0 Å². The summed E-state index contributed by atoms with van der Waals surface area (Å²) in [4.78, 5) is 0. The van der Waals surface area contributed by atoms with E-state index in [1.807, 2.05) is 0 Å². The number of nitrogens with one attached hydrogen (secondary N) is 1. The average Bonchev–Trinajstić information content (AvgIpc) is 2.75. The Hall–Kier alpha value is -2.42. The summed E-state index contributed by atoms with van der Waals surface area (Å²) in [7, 11) is 0. The van der Waals surface area contributed by atoms with Crippen LogP contribution in [0.5, 0.6) is 0 Å². The fourth-order valence-electron chi connectivity index (χ4n) is 4.34. The maximum atomic E-state index is 9.95. The van der Waals surface area contributed by atoms with E-state index in [1.54, 1.807) is 0 Å². The van der Waals surface area contributed by atoms with Crippen LogP contribution in [0.2, 0.25) is 0 Å². The van der Waals surface area contributed by atoms with Gasteiger partial charge in [0.25, 0.3) is 0 Å². The first-order chi connectivity index (χ1) is 13.3. The van der Waals surface area contributed by atoms with E-state index in [9.17, 15) is 5.11 Å². The van der Waals surface area contributed by atoms with Gasteiger partial charge < -0.3 is 5.11 Å². The Balaban J connectivity index is 1.86. The molecule has 0 radical (unpaired) electrons. The van der Waals surface area contributed by atoms with Gasteiger partial charge in [0.15, 0.2) is 0 Å². The molecular weight excluding hydrogens is 330 g/mol. The molecule has 0 amide bonds. The summed E-state index contributed by atoms with van der Waals surface area (Å²) >= 11 is 0. The fraction of sp³-hybridized carbons (Fsp3) is 0.280. The van der Waals surface area contributed by atoms with Gasteiger partial charge in [-0.3, -0.25) is 5.32 Å². The van der Waals surface area contributed by atoms with E-state index in [-0.39, 0.29) is 6.10 Å². The predicted octanol–water partition coefficient (Wildman–Crippen LogP) is 4.87. The second kappa shape index (κ2) is 8.08. The van der Waals surface area contributed by atoms with Gasteiger partial charge in [-0.05, 0) is 42.4 Å². The standard InChI is InChI=1S/C25H27NO/c27-24-18-16-23(17-19-24)26-25(20-10-4-1-5-11-20,21-12-6-2-7-13-21)22-14-8-3-9-15-22/h1-15,23-24,26-27H,16-19H2/t23-,24-. The highest BCUT2D eigenvalue weighted by atomic mass is 16.3. The summed E-state index contributed by atoms with van der Waals surface area (Å²) in [6, 6.07) is 32.5. The first-order valence-corrected chi connectivity index (χ1v) is 9.91. The highest BCUT2D eigenvalue weighted by Gasteiger charge is 2.38. The molecule has 0 aliphatic heterocycles. The largest absolute Gasteiger partial charge is 0.393 e. The van der Waals surface area contributed by atoms with Gasteiger partial charge in [0.1, 0.15) is 0 Å². The van der Waals surface area contributed by atoms with Crippen molar-refractivity contribution in [3.8, 4) is 0 Å². The van der Waals surface area contributed by atoms with Crippen molar-refractivity contribution in [1.82, 2.24) is 5.32 Å². The Kier molecular flexibility index (Phi) is 5.38. The van der Waals surface area contributed by atoms with Crippen molar-refractivity contribution in [3.63, 3.8) is 0 Å². The van der Waals surface area contributed by atoms with E-state index in [0.29, 0.717) is 6.04 Å². The Morgan fingerprint density at radius 2 is 0.963 bits per heavy atom. The normalized spacial score (nSPS) is 20.3. The van der Waals surface area contributed by atoms with Crippen molar-refractivity contribution in [1.29, 1.82) is 0 Å². The summed E-state index contributed by atoms with van der Waals surface area (Å²) < 4.78 is 0. The third-order valence-corrected chi connectivity index (χ3v) is 5.74. The zero-order valence-corrected chi connectivity index (χ0v) is 15.6. The Bertz CT molecular complexity index is 727. The molecule has 0 atom stereocenters. The van der Waals surface area contributed by atoms with Crippen LogP contribution in [0.25, 0.3) is 0 Å². The van der Waals surface area contributed by atoms with Crippen LogP contribution in [-0.4, -0.2) is 17.3 Å². The Morgan fingerprint density at radius 1 is 0.593 bits per heavy atom. The second-order valence-corrected chi connectivity index (χ2v) is 7.50. The average molecular weight is 357 g/mol. The topological polar surface area (TPSA) is 32.3 Å². The van der Waals surface area contributed by atoms with Gasteiger partial charge in [0, 0.05) is 6.04 Å². The molecule has 138 valence electrons. The van der Waals surface area contributed by atoms with Crippen LogP contribution in [0.1, 0.15) is 42.4 Å². The maximum Gasteiger partial charge on any atom is 0.0950 e. The number of rotatable bonds is 5. The molecule has 3 aromatic carbocycles. The molecule has 0 aromatic heterocycles. The number of hydrogen-bond donors (Lipinski definition) is 2. The molecule has 2 heteroatoms. The Morgan fingerprint density at radius 3 is 1.33 bits per heavy atom. The lowest BCUT2D eigenvalue weighted by molar-refractivity contribution is 0.112. The quantitative estimate of drug-likeness (QED) is 0.639. The summed E-state index contributed by atoms with van der Waals surface area (Å²) in [6.45, 7) is 0. The van der Waals surface area contributed by atoms with Crippen molar-refractivity contribution in [2.24, 2.45) is 0 Å². The number of benzene rings is 3. The lowest BCUT2D eigenvalue weighted by Crippen LogP contribution is -2.51. The molecular formula is C25H27NO. The molecule has 1 aliphatic rings. The van der Waals surface area contributed by atoms with E-state index >= 15 is 0 Å². The number of aliphatic hydroxyl groups is 1. The number of hydrogen-bond acceptors (Lipinski definition) is 2. The SMILES string of the molecule is O[C@H]1CC[C@H](NC(c2ccccc2)(c2ccccc2)c2ccccc2)CC1. The first-order valence-electron chi connectivity index (χ1n) is 9.91. The van der Waals surface area contributed by atoms with Crippen molar-refractivity contribution < 1.29 is 5.11 Å². The van der Waals surface area contributed by atoms with E-state index in [2.05, 4.69) is 96.3 Å². The van der Waals surface area contributed by atoms with Crippen LogP contribution in [-0.2, 0) is 5.54 Å². The van der Waals surface area contributed by atoms with Crippen LogP contribution in [0.15, 0.2) is 91.0 Å². The zero-order valence-electron chi connectivity index (χ0n) is 15.6. The molecule has 1 fully saturated rings. The fourth-order valence-corrected chi connectivity index (χ4v) is 4.34. The molecule has 1 saturated carbocycles. The van der Waals surface area contributed by atoms with Crippen molar-refractivity contribution in [2.75, 3.05) is 0 Å². The molecule has 1 aliphatic carbocycles. The minimum Gasteiger partial charge on any atom is -0.393 e. The second-order valence-electron chi connectivity index (χ2n) is 7.50. The predicted molar refractivity (Wildman–Crippen MR) is 111 cm³/mol. The molecule has 2 nitrogen and oxygen atoms in total. The highest BCUT2D eigenvalue weighted by Crippen LogP contribution is 2.38. The molecule has 0 unspecified atom stereocenters. The van der Waals surface area contributed by atoms with Crippen molar-refractivity contribution in [2.45, 2.75) is 43.4 Å². The third-order valence-electron chi connectivity index (χ3n) is 5.74. The molecule has 27 heavy (non-hydrogen) atoms. The summed E-state index contributed by atoms with van der Waals surface area (Å²) in [5.74, 6) is 0. The first kappa shape index (κ1) is 18.0. The van der Waals surface area contributed by atoms with Gasteiger partial charge in [-0.2, -0.15) is 0 Å². The maximum absolute atomic E-state index is 9.95. The van der Waals surface area contributed by atoms with E-state index in [1.165, 1.54) is 16.7 Å². The van der Waals surface area contributed by atoms with Gasteiger partial charge in [-0.25, -0.2) is 0 Å². The van der Waals surface area contributed by atoms with Crippen LogP contribution in [0, 0.1) is 0 Å². The van der Waals surface area contributed by atoms with Crippen molar-refractivity contribution in [3.05, 3.63) is 108 Å². The van der Waals surface area contributed by atoms with Crippen LogP contribution < -0.4 is 5.32 Å². The molecule has 0 heterocycles. The molecule has 0 spiro atoms. The molecule has 0 bridgehead atoms. The van der Waals surface area contributed by atoms with Gasteiger partial charge in [0.05, 0.1) is 11.6 Å². The van der Waals surface area contributed by atoms with Crippen LogP contribution in [0.3, 0.4) is 0 Å². The molecule has 4 rings (SSSR count). The summed E-state index contributed by atoms with van der Waals surface area (Å²) in [5, 5.41) is 14.0. The van der Waals surface area contributed by atoms with Crippen LogP contribution >= 0.6 is 0 Å². The van der Waals surface area contributed by atoms with Gasteiger partial charge in [-0.15, -0.1) is 0 Å². The molecule has 2 N–H and O–H groups in total. The van der Waals surface area contributed by atoms with E-state index < -0.39 is 5.54 Å². The van der Waals surface area contributed by atoms with Crippen LogP contribution in [0.4, 0.5) is 0 Å². The minimum absolute atomic E-state index is 0.150. The highest BCUT2D eigenvalue weighted by molar-refractivity contribution is 5.49. The smallest absolute Gasteiger partial charge is 0.0950 e. The lowest BCUT2D eigenvalue weighted by Gasteiger charge is -2.41. The molecule has 0 saturated heterocycles. The monoisotopic (exact) mass is 357 g/mol. The van der Waals surface area contributed by atoms with E-state index in [0.717, 1.165) is 25.7 Å². The lowest BCUT2D eigenvalue weighted by atomic mass is 9.75. The summed E-state index contributed by atoms with van der Waals surface area (Å²) in [5.41, 5.74) is 3.33. The third kappa shape index (κ3) is 3.69. The number of aliphatic hydroxyl groups excluding tert-OH is 1. The zero-order chi connectivity index (χ0) is 18.5. The molecule has 3 aromatic rings. The van der Waals surface area contributed by atoms with Gasteiger partial charge >= 0.3 is 0 Å². The Labute approximate surface area is 161 Å². The minimum atomic E-state index is -0.406. The van der Waals surface area contributed by atoms with Crippen molar-refractivity contribution >= 4 is 0 Å². The van der Waals surface area contributed by atoms with E-state index in [4.69, 9.17) is 0 Å². The summed E-state index contributed by atoms with van der Waals surface area (Å²) in [6.07, 6.45) is 3.57. The van der Waals surface area contributed by atoms with Gasteiger partial charge in [-0.1, -0.05) is 91.0 Å².